The molecule has 1 N–H and O–H groups in total. The van der Waals surface area contributed by atoms with Crippen molar-refractivity contribution in [3.63, 3.8) is 0 Å². The largest absolute Gasteiger partial charge is 0.504 e. The van der Waals surface area contributed by atoms with Gasteiger partial charge in [0.2, 0.25) is 0 Å². The van der Waals surface area contributed by atoms with Crippen LogP contribution in [0, 0.1) is 5.82 Å². The minimum absolute atomic E-state index is 0.248. The van der Waals surface area contributed by atoms with Gasteiger partial charge in [0.15, 0.2) is 11.6 Å². The Balaban J connectivity index is 2.73. The Bertz CT molecular complexity index is 561. The van der Waals surface area contributed by atoms with Crippen LogP contribution < -0.4 is 0 Å². The van der Waals surface area contributed by atoms with Crippen LogP contribution in [0.1, 0.15) is 5.56 Å². The molecule has 18 heavy (non-hydrogen) atoms. The molecule has 0 aliphatic carbocycles. The number of hydrogen-bond donors (Lipinski definition) is 1. The molecule has 0 bridgehead atoms. The van der Waals surface area contributed by atoms with E-state index in [4.69, 9.17) is 0 Å². The fourth-order valence-electron chi connectivity index (χ4n) is 1.71. The van der Waals surface area contributed by atoms with Crippen LogP contribution >= 0.6 is 0 Å². The maximum absolute atomic E-state index is 13.1. The fourth-order valence-corrected chi connectivity index (χ4v) is 1.71. The molecule has 0 aliphatic heterocycles. The molecule has 2 aromatic rings. The highest BCUT2D eigenvalue weighted by Crippen LogP contribution is 2.43. The van der Waals surface area contributed by atoms with Crippen LogP contribution in [0.5, 0.6) is 5.75 Å². The smallest absolute Gasteiger partial charge is 0.420 e. The van der Waals surface area contributed by atoms with Gasteiger partial charge >= 0.3 is 6.18 Å². The van der Waals surface area contributed by atoms with Crippen molar-refractivity contribution in [3.8, 4) is 16.9 Å². The van der Waals surface area contributed by atoms with E-state index < -0.39 is 23.3 Å². The molecule has 0 atom stereocenters. The molecule has 5 heteroatoms. The highest BCUT2D eigenvalue weighted by atomic mass is 19.4. The summed E-state index contributed by atoms with van der Waals surface area (Å²) in [7, 11) is 0. The molecule has 0 aromatic heterocycles. The van der Waals surface area contributed by atoms with Gasteiger partial charge in [-0.3, -0.25) is 0 Å². The number of benzene rings is 2. The van der Waals surface area contributed by atoms with Gasteiger partial charge in [0, 0.05) is 0 Å². The molecule has 0 spiro atoms. The maximum Gasteiger partial charge on any atom is 0.420 e. The van der Waals surface area contributed by atoms with E-state index in [1.54, 1.807) is 18.2 Å². The number of phenolic OH excluding ortho intramolecular Hbond substituents is 1. The number of hydrogen-bond acceptors (Lipinski definition) is 1. The van der Waals surface area contributed by atoms with Crippen molar-refractivity contribution in [2.45, 2.75) is 6.18 Å². The molecular weight excluding hydrogens is 248 g/mol. The van der Waals surface area contributed by atoms with Crippen LogP contribution in [0.25, 0.3) is 11.1 Å². The van der Waals surface area contributed by atoms with E-state index in [9.17, 15) is 22.7 Å². The van der Waals surface area contributed by atoms with E-state index >= 15 is 0 Å². The summed E-state index contributed by atoms with van der Waals surface area (Å²) in [5, 5.41) is 9.28. The van der Waals surface area contributed by atoms with E-state index in [-0.39, 0.29) is 11.1 Å². The topological polar surface area (TPSA) is 20.2 Å². The summed E-state index contributed by atoms with van der Waals surface area (Å²) in [5.41, 5.74) is -1.34. The van der Waals surface area contributed by atoms with Gasteiger partial charge in [-0.25, -0.2) is 4.39 Å². The van der Waals surface area contributed by atoms with Gasteiger partial charge in [-0.2, -0.15) is 13.2 Å². The lowest BCUT2D eigenvalue weighted by Crippen LogP contribution is -2.08. The number of rotatable bonds is 1. The van der Waals surface area contributed by atoms with Crippen molar-refractivity contribution >= 4 is 0 Å². The van der Waals surface area contributed by atoms with Crippen LogP contribution in [0.3, 0.4) is 0 Å². The van der Waals surface area contributed by atoms with Crippen molar-refractivity contribution in [2.75, 3.05) is 0 Å². The monoisotopic (exact) mass is 256 g/mol. The van der Waals surface area contributed by atoms with E-state index in [0.717, 1.165) is 12.1 Å². The summed E-state index contributed by atoms with van der Waals surface area (Å²) in [6.45, 7) is 0. The zero-order valence-electron chi connectivity index (χ0n) is 9.00. The SMILES string of the molecule is Oc1c(F)ccc(-c2ccccc2)c1C(F)(F)F. The molecule has 0 saturated carbocycles. The molecule has 1 nitrogen and oxygen atoms in total. The fraction of sp³-hybridized carbons (Fsp3) is 0.0769. The van der Waals surface area contributed by atoms with E-state index in [0.29, 0.717) is 0 Å². The van der Waals surface area contributed by atoms with Crippen molar-refractivity contribution in [2.24, 2.45) is 0 Å². The van der Waals surface area contributed by atoms with Crippen molar-refractivity contribution < 1.29 is 22.7 Å². The van der Waals surface area contributed by atoms with E-state index in [1.807, 2.05) is 0 Å². The third-order valence-electron chi connectivity index (χ3n) is 2.50. The number of aromatic hydroxyl groups is 1. The Morgan fingerprint density at radius 1 is 0.889 bits per heavy atom. The van der Waals surface area contributed by atoms with Crippen LogP contribution in [0.2, 0.25) is 0 Å². The molecular formula is C13H8F4O. The molecule has 0 fully saturated rings. The zero-order valence-corrected chi connectivity index (χ0v) is 9.00. The summed E-state index contributed by atoms with van der Waals surface area (Å²) >= 11 is 0. The quantitative estimate of drug-likeness (QED) is 0.757. The number of halogens is 4. The van der Waals surface area contributed by atoms with Gasteiger partial charge in [0.1, 0.15) is 5.56 Å². The average molecular weight is 256 g/mol. The standard InChI is InChI=1S/C13H8F4O/c14-10-7-6-9(8-4-2-1-3-5-8)11(12(10)18)13(15,16)17/h1-7,18H. The minimum atomic E-state index is -4.82. The van der Waals surface area contributed by atoms with E-state index in [2.05, 4.69) is 0 Å². The van der Waals surface area contributed by atoms with E-state index in [1.165, 1.54) is 12.1 Å². The first-order valence-electron chi connectivity index (χ1n) is 5.05. The first-order valence-corrected chi connectivity index (χ1v) is 5.05. The Kier molecular flexibility index (Phi) is 2.98. The normalized spacial score (nSPS) is 11.6. The minimum Gasteiger partial charge on any atom is -0.504 e. The third kappa shape index (κ3) is 2.16. The van der Waals surface area contributed by atoms with Crippen molar-refractivity contribution in [1.82, 2.24) is 0 Å². The van der Waals surface area contributed by atoms with Crippen LogP contribution in [-0.2, 0) is 6.18 Å². The zero-order chi connectivity index (χ0) is 13.3. The average Bonchev–Trinajstić information content (AvgIpc) is 2.32. The van der Waals surface area contributed by atoms with Crippen LogP contribution in [0.15, 0.2) is 42.5 Å². The Hall–Kier alpha value is -2.04. The summed E-state index contributed by atoms with van der Waals surface area (Å²) < 4.78 is 51.6. The highest BCUT2D eigenvalue weighted by Gasteiger charge is 2.38. The Labute approximate surface area is 100 Å². The van der Waals surface area contributed by atoms with Gasteiger partial charge < -0.3 is 5.11 Å². The number of alkyl halides is 3. The second-order valence-corrected chi connectivity index (χ2v) is 3.68. The molecule has 0 heterocycles. The van der Waals surface area contributed by atoms with Crippen molar-refractivity contribution in [1.29, 1.82) is 0 Å². The third-order valence-corrected chi connectivity index (χ3v) is 2.50. The first-order chi connectivity index (χ1) is 8.41. The maximum atomic E-state index is 13.1. The summed E-state index contributed by atoms with van der Waals surface area (Å²) in [6, 6.07) is 9.52. The summed E-state index contributed by atoms with van der Waals surface area (Å²) in [5.74, 6) is -2.66. The Morgan fingerprint density at radius 2 is 1.50 bits per heavy atom. The molecule has 0 unspecified atom stereocenters. The molecule has 2 aromatic carbocycles. The van der Waals surface area contributed by atoms with Gasteiger partial charge in [-0.05, 0) is 17.2 Å². The van der Waals surface area contributed by atoms with Gasteiger partial charge in [-0.1, -0.05) is 36.4 Å². The molecule has 0 amide bonds. The van der Waals surface area contributed by atoms with Crippen LogP contribution in [0.4, 0.5) is 17.6 Å². The lowest BCUT2D eigenvalue weighted by molar-refractivity contribution is -0.138. The predicted molar refractivity (Wildman–Crippen MR) is 58.5 cm³/mol. The van der Waals surface area contributed by atoms with Gasteiger partial charge in [0.25, 0.3) is 0 Å². The molecule has 0 saturated heterocycles. The molecule has 94 valence electrons. The molecule has 0 aliphatic rings. The number of phenols is 1. The second kappa shape index (κ2) is 4.33. The van der Waals surface area contributed by atoms with Gasteiger partial charge in [0.05, 0.1) is 0 Å². The summed E-state index contributed by atoms with van der Waals surface area (Å²) in [6.07, 6.45) is -4.82. The molecule has 2 rings (SSSR count). The second-order valence-electron chi connectivity index (χ2n) is 3.68. The summed E-state index contributed by atoms with van der Waals surface area (Å²) in [4.78, 5) is 0. The van der Waals surface area contributed by atoms with Gasteiger partial charge in [-0.15, -0.1) is 0 Å². The van der Waals surface area contributed by atoms with Crippen LogP contribution in [-0.4, -0.2) is 5.11 Å². The highest BCUT2D eigenvalue weighted by molar-refractivity contribution is 5.70. The predicted octanol–water partition coefficient (Wildman–Crippen LogP) is 4.22. The first kappa shape index (κ1) is 12.4. The Morgan fingerprint density at radius 3 is 2.06 bits per heavy atom. The molecule has 0 radical (unpaired) electrons. The van der Waals surface area contributed by atoms with Crippen molar-refractivity contribution in [3.05, 3.63) is 53.8 Å². The lowest BCUT2D eigenvalue weighted by Gasteiger charge is -2.15. The lowest BCUT2D eigenvalue weighted by atomic mass is 9.98.